The van der Waals surface area contributed by atoms with Crippen molar-refractivity contribution in [3.05, 3.63) is 65.0 Å². The zero-order valence-electron chi connectivity index (χ0n) is 14.4. The molecule has 11 heteroatoms. The lowest BCUT2D eigenvalue weighted by Crippen LogP contribution is -2.35. The summed E-state index contributed by atoms with van der Waals surface area (Å²) < 4.78 is 57.8. The monoisotopic (exact) mass is 412 g/mol. The Balaban J connectivity index is 2.18. The average Bonchev–Trinajstić information content (AvgIpc) is 2.62. The van der Waals surface area contributed by atoms with Crippen LogP contribution in [0.4, 0.5) is 8.78 Å². The third-order valence-electron chi connectivity index (χ3n) is 3.47. The van der Waals surface area contributed by atoms with Gasteiger partial charge in [-0.1, -0.05) is 6.07 Å². The predicted octanol–water partition coefficient (Wildman–Crippen LogP) is 1.42. The van der Waals surface area contributed by atoms with Gasteiger partial charge in [0.25, 0.3) is 5.91 Å². The molecule has 1 atom stereocenters. The lowest BCUT2D eigenvalue weighted by molar-refractivity contribution is -0.142. The number of benzene rings is 1. The minimum Gasteiger partial charge on any atom is -0.459 e. The van der Waals surface area contributed by atoms with Gasteiger partial charge in [0.05, 0.1) is 11.3 Å². The molecule has 1 heterocycles. The van der Waals surface area contributed by atoms with Crippen molar-refractivity contribution in [2.24, 2.45) is 0 Å². The van der Waals surface area contributed by atoms with Crippen LogP contribution in [0, 0.1) is 11.6 Å². The van der Waals surface area contributed by atoms with Crippen LogP contribution in [0.15, 0.2) is 36.5 Å². The molecule has 28 heavy (non-hydrogen) atoms. The first kappa shape index (κ1) is 21.1. The van der Waals surface area contributed by atoms with Gasteiger partial charge in [0.1, 0.15) is 24.5 Å². The molecule has 148 valence electrons. The van der Waals surface area contributed by atoms with Gasteiger partial charge in [-0.25, -0.2) is 21.9 Å². The molecule has 0 fully saturated rings. The highest BCUT2D eigenvalue weighted by Gasteiger charge is 2.31. The van der Waals surface area contributed by atoms with Crippen LogP contribution < -0.4 is 4.72 Å². The van der Waals surface area contributed by atoms with Gasteiger partial charge in [-0.15, -0.1) is 0 Å². The summed E-state index contributed by atoms with van der Waals surface area (Å²) in [5.41, 5.74) is -0.459. The fraction of sp³-hybridized carbons (Fsp3) is 0.176. The number of halogens is 2. The molecule has 2 rings (SSSR count). The maximum absolute atomic E-state index is 13.8. The third-order valence-corrected chi connectivity index (χ3v) is 4.98. The molecule has 1 aromatic heterocycles. The Morgan fingerprint density at radius 3 is 2.50 bits per heavy atom. The number of carbonyl (C=O) groups is 3. The molecule has 0 aliphatic carbocycles. The summed E-state index contributed by atoms with van der Waals surface area (Å²) in [5, 5.41) is -2.06. The van der Waals surface area contributed by atoms with Crippen molar-refractivity contribution in [2.75, 3.05) is 0 Å². The lowest BCUT2D eigenvalue weighted by Gasteiger charge is -2.14. The Morgan fingerprint density at radius 1 is 1.25 bits per heavy atom. The zero-order chi connectivity index (χ0) is 20.9. The summed E-state index contributed by atoms with van der Waals surface area (Å²) in [5.74, 6) is -3.83. The minimum atomic E-state index is -4.67. The fourth-order valence-electron chi connectivity index (χ4n) is 2.12. The van der Waals surface area contributed by atoms with E-state index in [4.69, 9.17) is 4.74 Å². The number of nitrogens with one attached hydrogen (secondary N) is 1. The van der Waals surface area contributed by atoms with Crippen molar-refractivity contribution in [3.8, 4) is 0 Å². The number of amides is 1. The molecule has 1 amide bonds. The standard InChI is InChI=1S/C17H14F2N2O6S/c1-10(23)27-9-13-4-2-11(7-20-13)17(24)21-28(25,26)16(8-22)14-5-3-12(18)6-15(14)19/h2-8,16H,9H2,1H3,(H,21,24). The number of pyridine rings is 1. The van der Waals surface area contributed by atoms with Crippen molar-refractivity contribution in [1.29, 1.82) is 0 Å². The first-order chi connectivity index (χ1) is 13.1. The van der Waals surface area contributed by atoms with Crippen molar-refractivity contribution >= 4 is 28.2 Å². The first-order valence-corrected chi connectivity index (χ1v) is 9.23. The van der Waals surface area contributed by atoms with Gasteiger partial charge in [0.15, 0.2) is 5.25 Å². The molecule has 1 unspecified atom stereocenters. The Labute approximate surface area is 158 Å². The SMILES string of the molecule is CC(=O)OCc1ccc(C(=O)NS(=O)(=O)C(C=O)c2ccc(F)cc2F)cn1. The molecule has 8 nitrogen and oxygen atoms in total. The van der Waals surface area contributed by atoms with Crippen LogP contribution in [0.3, 0.4) is 0 Å². The van der Waals surface area contributed by atoms with Gasteiger partial charge in [-0.3, -0.25) is 14.6 Å². The largest absolute Gasteiger partial charge is 0.459 e. The second-order valence-electron chi connectivity index (χ2n) is 5.52. The summed E-state index contributed by atoms with van der Waals surface area (Å²) in [6.07, 6.45) is 0.963. The number of sulfonamides is 1. The maximum Gasteiger partial charge on any atom is 0.303 e. The number of aromatic nitrogens is 1. The Bertz CT molecular complexity index is 1010. The van der Waals surface area contributed by atoms with E-state index < -0.39 is 44.3 Å². The van der Waals surface area contributed by atoms with Gasteiger partial charge in [0.2, 0.25) is 10.0 Å². The van der Waals surface area contributed by atoms with Gasteiger partial charge in [-0.2, -0.15) is 0 Å². The van der Waals surface area contributed by atoms with Crippen LogP contribution in [0.25, 0.3) is 0 Å². The maximum atomic E-state index is 13.8. The molecule has 0 aliphatic heterocycles. The summed E-state index contributed by atoms with van der Waals surface area (Å²) in [7, 11) is -4.67. The van der Waals surface area contributed by atoms with E-state index in [2.05, 4.69) is 4.98 Å². The summed E-state index contributed by atoms with van der Waals surface area (Å²) in [6, 6.07) is 4.58. The van der Waals surface area contributed by atoms with E-state index in [-0.39, 0.29) is 18.5 Å². The highest BCUT2D eigenvalue weighted by molar-refractivity contribution is 7.91. The van der Waals surface area contributed by atoms with Crippen LogP contribution in [0.1, 0.15) is 33.8 Å². The van der Waals surface area contributed by atoms with E-state index in [0.717, 1.165) is 18.3 Å². The first-order valence-electron chi connectivity index (χ1n) is 7.68. The average molecular weight is 412 g/mol. The van der Waals surface area contributed by atoms with E-state index >= 15 is 0 Å². The van der Waals surface area contributed by atoms with E-state index in [1.54, 1.807) is 4.72 Å². The van der Waals surface area contributed by atoms with Gasteiger partial charge in [0, 0.05) is 24.8 Å². The molecule has 2 aromatic rings. The number of hydrogen-bond donors (Lipinski definition) is 1. The van der Waals surface area contributed by atoms with Crippen LogP contribution in [0.2, 0.25) is 0 Å². The van der Waals surface area contributed by atoms with Crippen molar-refractivity contribution in [3.63, 3.8) is 0 Å². The Morgan fingerprint density at radius 2 is 1.96 bits per heavy atom. The zero-order valence-corrected chi connectivity index (χ0v) is 15.2. The van der Waals surface area contributed by atoms with Crippen LogP contribution in [-0.4, -0.2) is 31.6 Å². The molecular formula is C17H14F2N2O6S. The lowest BCUT2D eigenvalue weighted by atomic mass is 10.1. The van der Waals surface area contributed by atoms with Gasteiger partial charge >= 0.3 is 5.97 Å². The summed E-state index contributed by atoms with van der Waals surface area (Å²) >= 11 is 0. The number of nitrogens with zero attached hydrogens (tertiary/aromatic N) is 1. The topological polar surface area (TPSA) is 119 Å². The van der Waals surface area contributed by atoms with Crippen LogP contribution in [0.5, 0.6) is 0 Å². The van der Waals surface area contributed by atoms with E-state index in [1.807, 2.05) is 0 Å². The normalized spacial score (nSPS) is 12.1. The van der Waals surface area contributed by atoms with Crippen LogP contribution in [-0.2, 0) is 31.0 Å². The second kappa shape index (κ2) is 8.65. The number of carbonyl (C=O) groups excluding carboxylic acids is 3. The van der Waals surface area contributed by atoms with Gasteiger partial charge in [-0.05, 0) is 18.2 Å². The van der Waals surface area contributed by atoms with E-state index in [1.165, 1.54) is 19.1 Å². The molecular weight excluding hydrogens is 398 g/mol. The number of ether oxygens (including phenoxy) is 1. The molecule has 1 N–H and O–H groups in total. The number of aldehydes is 1. The Hall–Kier alpha value is -3.21. The molecule has 0 aliphatic rings. The number of rotatable bonds is 7. The van der Waals surface area contributed by atoms with Crippen molar-refractivity contribution < 1.29 is 36.3 Å². The van der Waals surface area contributed by atoms with Crippen molar-refractivity contribution in [1.82, 2.24) is 9.71 Å². The number of hydrogen-bond acceptors (Lipinski definition) is 7. The third kappa shape index (κ3) is 5.16. The minimum absolute atomic E-state index is 0.0770. The molecule has 1 aromatic carbocycles. The van der Waals surface area contributed by atoms with E-state index in [0.29, 0.717) is 11.8 Å². The molecule has 0 saturated carbocycles. The van der Waals surface area contributed by atoms with Gasteiger partial charge < -0.3 is 9.53 Å². The van der Waals surface area contributed by atoms with Crippen molar-refractivity contribution in [2.45, 2.75) is 18.8 Å². The highest BCUT2D eigenvalue weighted by Crippen LogP contribution is 2.23. The Kier molecular flexibility index (Phi) is 6.52. The predicted molar refractivity (Wildman–Crippen MR) is 91.3 cm³/mol. The highest BCUT2D eigenvalue weighted by atomic mass is 32.2. The smallest absolute Gasteiger partial charge is 0.303 e. The second-order valence-corrected chi connectivity index (χ2v) is 7.32. The quantitative estimate of drug-likeness (QED) is 0.539. The molecule has 0 spiro atoms. The van der Waals surface area contributed by atoms with Crippen LogP contribution >= 0.6 is 0 Å². The summed E-state index contributed by atoms with van der Waals surface area (Å²) in [6.45, 7) is 1.08. The molecule has 0 saturated heterocycles. The summed E-state index contributed by atoms with van der Waals surface area (Å²) in [4.78, 5) is 38.0. The van der Waals surface area contributed by atoms with E-state index in [9.17, 15) is 31.6 Å². The molecule has 0 radical (unpaired) electrons. The fourth-order valence-corrected chi connectivity index (χ4v) is 3.29. The molecule has 0 bridgehead atoms. The number of esters is 1.